The van der Waals surface area contributed by atoms with Crippen molar-refractivity contribution in [1.29, 1.82) is 0 Å². The van der Waals surface area contributed by atoms with E-state index in [1.54, 1.807) is 12.1 Å². The van der Waals surface area contributed by atoms with Gasteiger partial charge in [0.2, 0.25) is 5.91 Å². The number of nitrogens with one attached hydrogen (secondary N) is 1. The molecule has 1 aliphatic heterocycles. The molecule has 3 nitrogen and oxygen atoms in total. The summed E-state index contributed by atoms with van der Waals surface area (Å²) in [6, 6.07) is 9.85. The minimum Gasteiger partial charge on any atom is -0.492 e. The lowest BCUT2D eigenvalue weighted by Gasteiger charge is -2.14. The van der Waals surface area contributed by atoms with E-state index in [4.69, 9.17) is 4.74 Å². The zero-order chi connectivity index (χ0) is 16.6. The van der Waals surface area contributed by atoms with Gasteiger partial charge in [0.05, 0.1) is 6.61 Å². The molecule has 0 spiro atoms. The van der Waals surface area contributed by atoms with Crippen LogP contribution in [-0.4, -0.2) is 12.5 Å². The number of hydrogen-bond acceptors (Lipinski definition) is 2. The Bertz CT molecular complexity index is 749. The van der Waals surface area contributed by atoms with Gasteiger partial charge in [0.15, 0.2) is 0 Å². The highest BCUT2D eigenvalue weighted by atomic mass is 19.3. The summed E-state index contributed by atoms with van der Waals surface area (Å²) in [5.74, 6) is -2.26. The van der Waals surface area contributed by atoms with Crippen LogP contribution in [0.3, 0.4) is 0 Å². The fourth-order valence-electron chi connectivity index (χ4n) is 2.74. The van der Waals surface area contributed by atoms with Crippen molar-refractivity contribution in [2.75, 3.05) is 11.9 Å². The number of alkyl halides is 2. The zero-order valence-corrected chi connectivity index (χ0v) is 13.0. The maximum absolute atomic E-state index is 13.3. The Kier molecular flexibility index (Phi) is 3.80. The van der Waals surface area contributed by atoms with Crippen LogP contribution >= 0.6 is 0 Å². The zero-order valence-electron chi connectivity index (χ0n) is 13.0. The molecule has 1 amide bonds. The third-order valence-corrected chi connectivity index (χ3v) is 3.81. The van der Waals surface area contributed by atoms with Crippen molar-refractivity contribution in [2.45, 2.75) is 26.2 Å². The Morgan fingerprint density at radius 3 is 2.52 bits per heavy atom. The summed E-state index contributed by atoms with van der Waals surface area (Å²) in [5.41, 5.74) is 3.24. The van der Waals surface area contributed by atoms with Gasteiger partial charge in [-0.05, 0) is 17.7 Å². The van der Waals surface area contributed by atoms with E-state index in [1.165, 1.54) is 19.1 Å². The summed E-state index contributed by atoms with van der Waals surface area (Å²) in [6.07, 6.45) is 0.765. The molecule has 0 saturated heterocycles. The van der Waals surface area contributed by atoms with E-state index in [-0.39, 0.29) is 11.5 Å². The number of benzene rings is 2. The molecule has 2 aromatic carbocycles. The van der Waals surface area contributed by atoms with Crippen LogP contribution in [0.15, 0.2) is 36.4 Å². The molecule has 120 valence electrons. The molecule has 5 heteroatoms. The summed E-state index contributed by atoms with van der Waals surface area (Å²) in [6.45, 7) is 2.90. The SMILES string of the molecule is CC(=O)Nc1cc2c(c(-c3ccc(C(C)(F)F)cc3)c1)OCC2. The highest BCUT2D eigenvalue weighted by Crippen LogP contribution is 2.40. The lowest BCUT2D eigenvalue weighted by Crippen LogP contribution is -2.07. The molecular weight excluding hydrogens is 300 g/mol. The number of rotatable bonds is 3. The molecule has 0 aromatic heterocycles. The number of carbonyl (C=O) groups is 1. The van der Waals surface area contributed by atoms with E-state index in [0.29, 0.717) is 12.3 Å². The molecule has 0 bridgehead atoms. The Hall–Kier alpha value is -2.43. The molecule has 0 fully saturated rings. The molecule has 23 heavy (non-hydrogen) atoms. The number of fused-ring (bicyclic) bond motifs is 1. The summed E-state index contributed by atoms with van der Waals surface area (Å²) in [4.78, 5) is 11.3. The van der Waals surface area contributed by atoms with Crippen LogP contribution in [0.5, 0.6) is 5.75 Å². The monoisotopic (exact) mass is 317 g/mol. The lowest BCUT2D eigenvalue weighted by molar-refractivity contribution is -0.114. The summed E-state index contributed by atoms with van der Waals surface area (Å²) in [7, 11) is 0. The highest BCUT2D eigenvalue weighted by molar-refractivity contribution is 5.90. The topological polar surface area (TPSA) is 38.3 Å². The van der Waals surface area contributed by atoms with Crippen LogP contribution in [0.1, 0.15) is 25.0 Å². The van der Waals surface area contributed by atoms with Gasteiger partial charge in [-0.3, -0.25) is 4.79 Å². The fourth-order valence-corrected chi connectivity index (χ4v) is 2.74. The second-order valence-corrected chi connectivity index (χ2v) is 5.76. The second kappa shape index (κ2) is 5.65. The van der Waals surface area contributed by atoms with Crippen LogP contribution in [0, 0.1) is 0 Å². The molecule has 0 unspecified atom stereocenters. The Morgan fingerprint density at radius 1 is 1.22 bits per heavy atom. The van der Waals surface area contributed by atoms with Gasteiger partial charge in [-0.2, -0.15) is 0 Å². The predicted molar refractivity (Wildman–Crippen MR) is 84.9 cm³/mol. The van der Waals surface area contributed by atoms with E-state index in [1.807, 2.05) is 12.1 Å². The number of halogens is 2. The second-order valence-electron chi connectivity index (χ2n) is 5.76. The maximum atomic E-state index is 13.3. The van der Waals surface area contributed by atoms with Gasteiger partial charge in [0, 0.05) is 42.6 Å². The smallest absolute Gasteiger partial charge is 0.270 e. The predicted octanol–water partition coefficient (Wildman–Crippen LogP) is 4.36. The van der Waals surface area contributed by atoms with Crippen LogP contribution in [0.4, 0.5) is 14.5 Å². The number of ether oxygens (including phenoxy) is 1. The van der Waals surface area contributed by atoms with Gasteiger partial charge >= 0.3 is 0 Å². The van der Waals surface area contributed by atoms with Crippen LogP contribution < -0.4 is 10.1 Å². The number of hydrogen-bond donors (Lipinski definition) is 1. The van der Waals surface area contributed by atoms with E-state index < -0.39 is 5.92 Å². The fraction of sp³-hybridized carbons (Fsp3) is 0.278. The van der Waals surface area contributed by atoms with Gasteiger partial charge < -0.3 is 10.1 Å². The van der Waals surface area contributed by atoms with Crippen molar-refractivity contribution in [3.05, 3.63) is 47.5 Å². The van der Waals surface area contributed by atoms with Gasteiger partial charge in [-0.25, -0.2) is 8.78 Å². The Labute approximate surface area is 133 Å². The molecule has 0 saturated carbocycles. The molecule has 1 N–H and O–H groups in total. The third kappa shape index (κ3) is 3.18. The molecule has 0 aliphatic carbocycles. The minimum atomic E-state index is -2.87. The average Bonchev–Trinajstić information content (AvgIpc) is 2.93. The number of anilines is 1. The summed E-state index contributed by atoms with van der Waals surface area (Å²) < 4.78 is 32.4. The first-order valence-corrected chi connectivity index (χ1v) is 7.40. The van der Waals surface area contributed by atoms with Crippen molar-refractivity contribution in [2.24, 2.45) is 0 Å². The molecule has 1 aliphatic rings. The van der Waals surface area contributed by atoms with Crippen molar-refractivity contribution in [3.63, 3.8) is 0 Å². The molecule has 0 radical (unpaired) electrons. The van der Waals surface area contributed by atoms with Gasteiger partial charge in [-0.1, -0.05) is 24.3 Å². The van der Waals surface area contributed by atoms with Crippen molar-refractivity contribution in [3.8, 4) is 16.9 Å². The van der Waals surface area contributed by atoms with E-state index in [0.717, 1.165) is 35.8 Å². The van der Waals surface area contributed by atoms with Crippen LogP contribution in [0.2, 0.25) is 0 Å². The number of carbonyl (C=O) groups excluding carboxylic acids is 1. The maximum Gasteiger partial charge on any atom is 0.270 e. The van der Waals surface area contributed by atoms with E-state index in [9.17, 15) is 13.6 Å². The first-order valence-electron chi connectivity index (χ1n) is 7.40. The first-order chi connectivity index (χ1) is 10.8. The first kappa shape index (κ1) is 15.5. The number of amides is 1. The summed E-state index contributed by atoms with van der Waals surface area (Å²) >= 11 is 0. The Morgan fingerprint density at radius 2 is 1.91 bits per heavy atom. The van der Waals surface area contributed by atoms with Gasteiger partial charge in [0.1, 0.15) is 5.75 Å². The third-order valence-electron chi connectivity index (χ3n) is 3.81. The van der Waals surface area contributed by atoms with Crippen molar-refractivity contribution >= 4 is 11.6 Å². The van der Waals surface area contributed by atoms with Crippen molar-refractivity contribution < 1.29 is 18.3 Å². The van der Waals surface area contributed by atoms with Gasteiger partial charge in [0.25, 0.3) is 5.92 Å². The quantitative estimate of drug-likeness (QED) is 0.913. The van der Waals surface area contributed by atoms with E-state index >= 15 is 0 Å². The van der Waals surface area contributed by atoms with Crippen LogP contribution in [-0.2, 0) is 17.1 Å². The van der Waals surface area contributed by atoms with Crippen molar-refractivity contribution in [1.82, 2.24) is 0 Å². The normalized spacial score (nSPS) is 13.4. The standard InChI is InChI=1S/C18H17F2NO2/c1-11(22)21-15-9-13-7-8-23-17(13)16(10-15)12-3-5-14(6-4-12)18(2,19)20/h3-6,9-10H,7-8H2,1-2H3,(H,21,22). The molecule has 2 aromatic rings. The molecule has 1 heterocycles. The molecule has 0 atom stereocenters. The van der Waals surface area contributed by atoms with E-state index in [2.05, 4.69) is 5.32 Å². The van der Waals surface area contributed by atoms with Gasteiger partial charge in [-0.15, -0.1) is 0 Å². The highest BCUT2D eigenvalue weighted by Gasteiger charge is 2.24. The molecular formula is C18H17F2NO2. The van der Waals surface area contributed by atoms with Crippen LogP contribution in [0.25, 0.3) is 11.1 Å². The minimum absolute atomic E-state index is 0.0307. The summed E-state index contributed by atoms with van der Waals surface area (Å²) in [5, 5.41) is 2.77. The average molecular weight is 317 g/mol. The largest absolute Gasteiger partial charge is 0.492 e. The molecule has 3 rings (SSSR count). The lowest BCUT2D eigenvalue weighted by atomic mass is 9.98. The Balaban J connectivity index is 2.05.